The summed E-state index contributed by atoms with van der Waals surface area (Å²) in [6.45, 7) is 8.94. The van der Waals surface area contributed by atoms with Crippen molar-refractivity contribution in [1.82, 2.24) is 14.8 Å². The van der Waals surface area contributed by atoms with Crippen LogP contribution in [0.1, 0.15) is 57.7 Å². The minimum absolute atomic E-state index is 0.222. The van der Waals surface area contributed by atoms with Gasteiger partial charge in [0, 0.05) is 27.1 Å². The number of anilines is 2. The minimum Gasteiger partial charge on any atom is -0.492 e. The standard InChI is InChI=1S/C34H37Cl2N5O4S/c1-5-8-17-46-34-39-33-37-21(4)30(32(42)38-26-11-9-10-12-27(26)43-6-2)31(41(33)40-34)22-14-16-28(29(18-22)44-7-3)45-20-23-13-15-24(35)19-25(23)36/h9-16,18-19,31H,5-8,17,20H2,1-4H3,(H,38,42)(H,37,39,40). The Balaban J connectivity index is 1.52. The maximum atomic E-state index is 14.1. The minimum atomic E-state index is -0.609. The number of allylic oxidation sites excluding steroid dienone is 1. The van der Waals surface area contributed by atoms with Gasteiger partial charge in [-0.25, -0.2) is 4.68 Å². The lowest BCUT2D eigenvalue weighted by Crippen LogP contribution is -2.31. The number of amides is 1. The number of halogens is 2. The zero-order valence-electron chi connectivity index (χ0n) is 26.2. The van der Waals surface area contributed by atoms with Crippen molar-refractivity contribution in [3.63, 3.8) is 0 Å². The molecule has 0 spiro atoms. The first-order chi connectivity index (χ1) is 22.3. The SMILES string of the molecule is CCCCSc1nc2n(n1)C(c1ccc(OCc3ccc(Cl)cc3Cl)c(OCC)c1)C(C(=O)Nc1ccccc1OCC)=C(C)N2. The number of fused-ring (bicyclic) bond motifs is 1. The van der Waals surface area contributed by atoms with Crippen LogP contribution >= 0.6 is 35.0 Å². The number of carbonyl (C=O) groups excluding carboxylic acids is 1. The summed E-state index contributed by atoms with van der Waals surface area (Å²) in [6.07, 6.45) is 2.13. The fourth-order valence-electron chi connectivity index (χ4n) is 5.02. The number of para-hydroxylation sites is 2. The highest BCUT2D eigenvalue weighted by Crippen LogP contribution is 2.41. The predicted octanol–water partition coefficient (Wildman–Crippen LogP) is 8.78. The van der Waals surface area contributed by atoms with E-state index in [9.17, 15) is 4.79 Å². The van der Waals surface area contributed by atoms with Gasteiger partial charge in [0.25, 0.3) is 5.91 Å². The van der Waals surface area contributed by atoms with E-state index in [4.69, 9.17) is 47.5 Å². The first-order valence-corrected chi connectivity index (χ1v) is 17.0. The molecule has 0 saturated carbocycles. The van der Waals surface area contributed by atoms with Gasteiger partial charge in [-0.05, 0) is 69.2 Å². The van der Waals surface area contributed by atoms with E-state index < -0.39 is 6.04 Å². The summed E-state index contributed by atoms with van der Waals surface area (Å²) in [5.41, 5.74) is 3.30. The van der Waals surface area contributed by atoms with E-state index in [-0.39, 0.29) is 12.5 Å². The van der Waals surface area contributed by atoms with Crippen molar-refractivity contribution in [3.05, 3.63) is 93.1 Å². The smallest absolute Gasteiger partial charge is 0.255 e. The van der Waals surface area contributed by atoms with E-state index in [0.717, 1.165) is 29.7 Å². The Hall–Kier alpha value is -3.86. The van der Waals surface area contributed by atoms with Gasteiger partial charge >= 0.3 is 0 Å². The largest absolute Gasteiger partial charge is 0.492 e. The average Bonchev–Trinajstić information content (AvgIpc) is 3.44. The van der Waals surface area contributed by atoms with E-state index in [0.29, 0.717) is 68.6 Å². The van der Waals surface area contributed by atoms with Crippen LogP contribution in [0.5, 0.6) is 17.2 Å². The molecular weight excluding hydrogens is 645 g/mol. The Morgan fingerprint density at radius 2 is 1.76 bits per heavy atom. The second-order valence-electron chi connectivity index (χ2n) is 10.5. The van der Waals surface area contributed by atoms with Gasteiger partial charge in [-0.2, -0.15) is 4.98 Å². The van der Waals surface area contributed by atoms with Gasteiger partial charge < -0.3 is 24.8 Å². The van der Waals surface area contributed by atoms with Crippen molar-refractivity contribution < 1.29 is 19.0 Å². The normalized spacial score (nSPS) is 14.0. The molecule has 3 aromatic carbocycles. The Bertz CT molecular complexity index is 1730. The van der Waals surface area contributed by atoms with Crippen molar-refractivity contribution in [2.24, 2.45) is 0 Å². The summed E-state index contributed by atoms with van der Waals surface area (Å²) in [5, 5.41) is 13.0. The molecule has 1 unspecified atom stereocenters. The molecule has 1 aliphatic rings. The van der Waals surface area contributed by atoms with Crippen molar-refractivity contribution in [2.45, 2.75) is 58.3 Å². The average molecular weight is 683 g/mol. The first-order valence-electron chi connectivity index (χ1n) is 15.3. The third-order valence-electron chi connectivity index (χ3n) is 7.22. The molecule has 46 heavy (non-hydrogen) atoms. The highest BCUT2D eigenvalue weighted by atomic mass is 35.5. The van der Waals surface area contributed by atoms with Crippen molar-refractivity contribution in [1.29, 1.82) is 0 Å². The van der Waals surface area contributed by atoms with Crippen LogP contribution in [0.3, 0.4) is 0 Å². The van der Waals surface area contributed by atoms with Crippen LogP contribution in [0, 0.1) is 0 Å². The number of aromatic nitrogens is 3. The third-order valence-corrected chi connectivity index (χ3v) is 8.73. The van der Waals surface area contributed by atoms with Crippen LogP contribution in [0.15, 0.2) is 77.1 Å². The molecule has 0 radical (unpaired) electrons. The van der Waals surface area contributed by atoms with Crippen LogP contribution in [-0.2, 0) is 11.4 Å². The van der Waals surface area contributed by atoms with Gasteiger partial charge in [-0.1, -0.05) is 72.6 Å². The molecule has 0 fully saturated rings. The fraction of sp³-hybridized carbons (Fsp3) is 0.324. The van der Waals surface area contributed by atoms with Gasteiger partial charge in [-0.3, -0.25) is 4.79 Å². The van der Waals surface area contributed by atoms with Crippen molar-refractivity contribution >= 4 is 52.5 Å². The number of hydrogen-bond acceptors (Lipinski definition) is 8. The molecule has 2 heterocycles. The van der Waals surface area contributed by atoms with Crippen LogP contribution < -0.4 is 24.8 Å². The monoisotopic (exact) mass is 681 g/mol. The second-order valence-corrected chi connectivity index (χ2v) is 12.4. The zero-order chi connectivity index (χ0) is 32.6. The van der Waals surface area contributed by atoms with E-state index >= 15 is 0 Å². The number of benzene rings is 3. The van der Waals surface area contributed by atoms with Gasteiger partial charge in [0.05, 0.1) is 24.5 Å². The molecule has 9 nitrogen and oxygen atoms in total. The topological polar surface area (TPSA) is 99.5 Å². The zero-order valence-corrected chi connectivity index (χ0v) is 28.6. The van der Waals surface area contributed by atoms with Crippen LogP contribution in [0.2, 0.25) is 10.0 Å². The van der Waals surface area contributed by atoms with Gasteiger partial charge in [0.15, 0.2) is 11.5 Å². The van der Waals surface area contributed by atoms with Gasteiger partial charge in [0.1, 0.15) is 18.4 Å². The molecule has 0 aliphatic carbocycles. The van der Waals surface area contributed by atoms with E-state index in [2.05, 4.69) is 17.6 Å². The molecular formula is C34H37Cl2N5O4S. The summed E-state index contributed by atoms with van der Waals surface area (Å²) >= 11 is 14.1. The van der Waals surface area contributed by atoms with E-state index in [1.165, 1.54) is 0 Å². The lowest BCUT2D eigenvalue weighted by Gasteiger charge is -2.29. The van der Waals surface area contributed by atoms with Crippen LogP contribution in [-0.4, -0.2) is 39.6 Å². The molecule has 12 heteroatoms. The maximum absolute atomic E-state index is 14.1. The molecule has 1 amide bonds. The number of ether oxygens (including phenoxy) is 3. The lowest BCUT2D eigenvalue weighted by atomic mass is 9.94. The first kappa shape index (κ1) is 33.5. The molecule has 0 saturated heterocycles. The Morgan fingerprint density at radius 1 is 0.978 bits per heavy atom. The number of hydrogen-bond donors (Lipinski definition) is 2. The number of nitrogens with one attached hydrogen (secondary N) is 2. The number of unbranched alkanes of at least 4 members (excludes halogenated alkanes) is 1. The van der Waals surface area contributed by atoms with Crippen LogP contribution in [0.4, 0.5) is 11.6 Å². The van der Waals surface area contributed by atoms with Crippen molar-refractivity contribution in [3.8, 4) is 17.2 Å². The number of thioether (sulfide) groups is 1. The van der Waals surface area contributed by atoms with E-state index in [1.54, 1.807) is 28.6 Å². The maximum Gasteiger partial charge on any atom is 0.255 e. The molecule has 5 rings (SSSR count). The Labute approximate surface area is 283 Å². The van der Waals surface area contributed by atoms with Gasteiger partial charge in [-0.15, -0.1) is 5.10 Å². The number of carbonyl (C=O) groups is 1. The molecule has 4 aromatic rings. The summed E-state index contributed by atoms with van der Waals surface area (Å²) in [4.78, 5) is 18.9. The lowest BCUT2D eigenvalue weighted by molar-refractivity contribution is -0.113. The molecule has 1 atom stereocenters. The molecule has 1 aliphatic heterocycles. The fourth-order valence-corrected chi connectivity index (χ4v) is 6.40. The third kappa shape index (κ3) is 7.74. The Morgan fingerprint density at radius 3 is 2.52 bits per heavy atom. The molecule has 242 valence electrons. The van der Waals surface area contributed by atoms with E-state index in [1.807, 2.05) is 69.3 Å². The Kier molecular flexibility index (Phi) is 11.4. The summed E-state index contributed by atoms with van der Waals surface area (Å²) in [7, 11) is 0. The van der Waals surface area contributed by atoms with Crippen molar-refractivity contribution in [2.75, 3.05) is 29.6 Å². The number of rotatable bonds is 14. The summed E-state index contributed by atoms with van der Waals surface area (Å²) < 4.78 is 19.8. The van der Waals surface area contributed by atoms with Crippen LogP contribution in [0.25, 0.3) is 0 Å². The highest BCUT2D eigenvalue weighted by Gasteiger charge is 2.35. The molecule has 2 N–H and O–H groups in total. The summed E-state index contributed by atoms with van der Waals surface area (Å²) in [6, 6.07) is 17.7. The summed E-state index contributed by atoms with van der Waals surface area (Å²) in [5.74, 6) is 2.83. The van der Waals surface area contributed by atoms with Gasteiger partial charge in [0.2, 0.25) is 11.1 Å². The quantitative estimate of drug-likeness (QED) is 0.101. The molecule has 0 bridgehead atoms. The highest BCUT2D eigenvalue weighted by molar-refractivity contribution is 7.99. The number of nitrogens with zero attached hydrogens (tertiary/aromatic N) is 3. The molecule has 1 aromatic heterocycles. The second kappa shape index (κ2) is 15.6. The predicted molar refractivity (Wildman–Crippen MR) is 185 cm³/mol.